The molecule has 2 aromatic rings. The highest BCUT2D eigenvalue weighted by molar-refractivity contribution is 7.90. The Balaban J connectivity index is 2.39. The van der Waals surface area contributed by atoms with Gasteiger partial charge in [0.15, 0.2) is 9.84 Å². The fourth-order valence-corrected chi connectivity index (χ4v) is 3.18. The maximum atomic E-state index is 13.9. The van der Waals surface area contributed by atoms with Gasteiger partial charge in [-0.05, 0) is 30.3 Å². The maximum absolute atomic E-state index is 13.9. The second-order valence-electron chi connectivity index (χ2n) is 4.10. The van der Waals surface area contributed by atoms with Gasteiger partial charge < -0.3 is 0 Å². The molecule has 2 rings (SSSR count). The van der Waals surface area contributed by atoms with Gasteiger partial charge in [-0.3, -0.25) is 0 Å². The molecule has 20 heavy (non-hydrogen) atoms. The minimum atomic E-state index is -3.69. The SMILES string of the molecule is N#Cc1cccc(CS(=O)(=O)c2ccc(Cl)cc2)c1F. The summed E-state index contributed by atoms with van der Waals surface area (Å²) in [5.74, 6) is -1.30. The van der Waals surface area contributed by atoms with Gasteiger partial charge in [-0.2, -0.15) is 5.26 Å². The largest absolute Gasteiger partial charge is 0.223 e. The molecule has 0 atom stereocenters. The van der Waals surface area contributed by atoms with Gasteiger partial charge in [0.25, 0.3) is 0 Å². The summed E-state index contributed by atoms with van der Waals surface area (Å²) in [6.45, 7) is 0. The molecule has 0 amide bonds. The summed E-state index contributed by atoms with van der Waals surface area (Å²) < 4.78 is 38.2. The van der Waals surface area contributed by atoms with Gasteiger partial charge in [0.05, 0.1) is 16.2 Å². The molecule has 0 unspecified atom stereocenters. The topological polar surface area (TPSA) is 57.9 Å². The summed E-state index contributed by atoms with van der Waals surface area (Å²) in [4.78, 5) is 0.0589. The average molecular weight is 310 g/mol. The highest BCUT2D eigenvalue weighted by Crippen LogP contribution is 2.21. The van der Waals surface area contributed by atoms with E-state index in [4.69, 9.17) is 16.9 Å². The highest BCUT2D eigenvalue weighted by Gasteiger charge is 2.18. The lowest BCUT2D eigenvalue weighted by molar-refractivity contribution is 0.586. The summed E-state index contributed by atoms with van der Waals surface area (Å²) in [7, 11) is -3.69. The first-order valence-electron chi connectivity index (χ1n) is 5.60. The third-order valence-corrected chi connectivity index (χ3v) is 4.65. The van der Waals surface area contributed by atoms with E-state index in [9.17, 15) is 12.8 Å². The summed E-state index contributed by atoms with van der Waals surface area (Å²) >= 11 is 5.70. The zero-order valence-electron chi connectivity index (χ0n) is 10.2. The Morgan fingerprint density at radius 2 is 1.80 bits per heavy atom. The maximum Gasteiger partial charge on any atom is 0.182 e. The van der Waals surface area contributed by atoms with Crippen LogP contribution in [0.15, 0.2) is 47.4 Å². The van der Waals surface area contributed by atoms with E-state index in [1.165, 1.54) is 42.5 Å². The average Bonchev–Trinajstić information content (AvgIpc) is 2.41. The van der Waals surface area contributed by atoms with E-state index in [0.717, 1.165) is 0 Å². The van der Waals surface area contributed by atoms with E-state index in [2.05, 4.69) is 0 Å². The van der Waals surface area contributed by atoms with Crippen molar-refractivity contribution in [1.29, 1.82) is 5.26 Å². The Morgan fingerprint density at radius 3 is 2.40 bits per heavy atom. The van der Waals surface area contributed by atoms with Crippen LogP contribution in [-0.4, -0.2) is 8.42 Å². The first-order valence-corrected chi connectivity index (χ1v) is 7.63. The molecule has 0 N–H and O–H groups in total. The van der Waals surface area contributed by atoms with Gasteiger partial charge in [-0.1, -0.05) is 23.7 Å². The number of halogens is 2. The van der Waals surface area contributed by atoms with Crippen LogP contribution in [-0.2, 0) is 15.6 Å². The molecule has 3 nitrogen and oxygen atoms in total. The number of sulfone groups is 1. The quantitative estimate of drug-likeness (QED) is 0.874. The molecule has 0 aromatic heterocycles. The predicted octanol–water partition coefficient (Wildman–Crippen LogP) is 3.32. The zero-order valence-corrected chi connectivity index (χ0v) is 11.7. The van der Waals surface area contributed by atoms with E-state index in [0.29, 0.717) is 5.02 Å². The summed E-state index contributed by atoms with van der Waals surface area (Å²) in [5.41, 5.74) is -0.201. The van der Waals surface area contributed by atoms with Crippen LogP contribution in [0.3, 0.4) is 0 Å². The first kappa shape index (κ1) is 14.5. The van der Waals surface area contributed by atoms with Crippen LogP contribution in [0.5, 0.6) is 0 Å². The molecule has 0 fully saturated rings. The number of hydrogen-bond acceptors (Lipinski definition) is 3. The predicted molar refractivity (Wildman–Crippen MR) is 73.5 cm³/mol. The van der Waals surface area contributed by atoms with Crippen LogP contribution in [0, 0.1) is 17.1 Å². The molecular formula is C14H9ClFNO2S. The first-order chi connectivity index (χ1) is 9.44. The smallest absolute Gasteiger partial charge is 0.182 e. The lowest BCUT2D eigenvalue weighted by Crippen LogP contribution is -2.07. The van der Waals surface area contributed by atoms with Crippen LogP contribution < -0.4 is 0 Å². The lowest BCUT2D eigenvalue weighted by Gasteiger charge is -2.06. The van der Waals surface area contributed by atoms with Crippen LogP contribution in [0.4, 0.5) is 4.39 Å². The Morgan fingerprint density at radius 1 is 1.15 bits per heavy atom. The third kappa shape index (κ3) is 2.98. The molecule has 0 aliphatic carbocycles. The lowest BCUT2D eigenvalue weighted by atomic mass is 10.1. The fourth-order valence-electron chi connectivity index (χ4n) is 1.71. The molecule has 6 heteroatoms. The molecule has 2 aromatic carbocycles. The van der Waals surface area contributed by atoms with E-state index in [1.54, 1.807) is 6.07 Å². The minimum Gasteiger partial charge on any atom is -0.223 e. The standard InChI is InChI=1S/C14H9ClFNO2S/c15-12-4-6-13(7-5-12)20(18,19)9-11-3-1-2-10(8-17)14(11)16/h1-7H,9H2. The molecule has 0 saturated carbocycles. The zero-order chi connectivity index (χ0) is 14.8. The normalized spacial score (nSPS) is 11.1. The molecule has 0 aliphatic rings. The molecule has 0 bridgehead atoms. The van der Waals surface area contributed by atoms with Crippen LogP contribution >= 0.6 is 11.6 Å². The molecule has 0 radical (unpaired) electrons. The van der Waals surface area contributed by atoms with Crippen LogP contribution in [0.1, 0.15) is 11.1 Å². The van der Waals surface area contributed by atoms with Crippen molar-refractivity contribution in [2.75, 3.05) is 0 Å². The van der Waals surface area contributed by atoms with Crippen molar-refractivity contribution in [3.8, 4) is 6.07 Å². The Kier molecular flexibility index (Phi) is 4.07. The van der Waals surface area contributed by atoms with Crippen molar-refractivity contribution in [3.63, 3.8) is 0 Å². The monoisotopic (exact) mass is 309 g/mol. The molecular weight excluding hydrogens is 301 g/mol. The molecule has 0 saturated heterocycles. The van der Waals surface area contributed by atoms with Gasteiger partial charge in [-0.25, -0.2) is 12.8 Å². The highest BCUT2D eigenvalue weighted by atomic mass is 35.5. The number of nitriles is 1. The van der Waals surface area contributed by atoms with E-state index in [1.807, 2.05) is 0 Å². The van der Waals surface area contributed by atoms with E-state index in [-0.39, 0.29) is 16.0 Å². The van der Waals surface area contributed by atoms with Crippen molar-refractivity contribution < 1.29 is 12.8 Å². The number of rotatable bonds is 3. The van der Waals surface area contributed by atoms with Gasteiger partial charge in [-0.15, -0.1) is 0 Å². The summed E-state index contributed by atoms with van der Waals surface area (Å²) in [5, 5.41) is 9.15. The fraction of sp³-hybridized carbons (Fsp3) is 0.0714. The molecule has 102 valence electrons. The van der Waals surface area contributed by atoms with Crippen molar-refractivity contribution in [3.05, 3.63) is 64.4 Å². The van der Waals surface area contributed by atoms with Crippen LogP contribution in [0.25, 0.3) is 0 Å². The van der Waals surface area contributed by atoms with E-state index >= 15 is 0 Å². The van der Waals surface area contributed by atoms with Crippen molar-refractivity contribution >= 4 is 21.4 Å². The summed E-state index contributed by atoms with van der Waals surface area (Å²) in [6.07, 6.45) is 0. The minimum absolute atomic E-state index is 0.0287. The number of nitrogens with zero attached hydrogens (tertiary/aromatic N) is 1. The Bertz CT molecular complexity index is 780. The van der Waals surface area contributed by atoms with Crippen LogP contribution in [0.2, 0.25) is 5.02 Å². The van der Waals surface area contributed by atoms with Gasteiger partial charge in [0.2, 0.25) is 0 Å². The third-order valence-electron chi connectivity index (χ3n) is 2.72. The van der Waals surface area contributed by atoms with E-state index < -0.39 is 21.4 Å². The molecule has 0 spiro atoms. The molecule has 0 aliphatic heterocycles. The van der Waals surface area contributed by atoms with Gasteiger partial charge in [0, 0.05) is 10.6 Å². The van der Waals surface area contributed by atoms with Crippen molar-refractivity contribution in [2.24, 2.45) is 0 Å². The Labute approximate surface area is 121 Å². The number of hydrogen-bond donors (Lipinski definition) is 0. The second-order valence-corrected chi connectivity index (χ2v) is 6.53. The van der Waals surface area contributed by atoms with Gasteiger partial charge in [0.1, 0.15) is 11.9 Å². The van der Waals surface area contributed by atoms with Crippen molar-refractivity contribution in [1.82, 2.24) is 0 Å². The van der Waals surface area contributed by atoms with Crippen molar-refractivity contribution in [2.45, 2.75) is 10.6 Å². The Hall–Kier alpha value is -1.90. The van der Waals surface area contributed by atoms with Gasteiger partial charge >= 0.3 is 0 Å². The second kappa shape index (κ2) is 5.61. The summed E-state index contributed by atoms with van der Waals surface area (Å²) in [6, 6.07) is 11.4. The number of benzene rings is 2. The molecule has 0 heterocycles.